The largest absolute Gasteiger partial charge is 0.494 e. The molecule has 0 saturated heterocycles. The van der Waals surface area contributed by atoms with Crippen molar-refractivity contribution in [3.8, 4) is 5.75 Å². The van der Waals surface area contributed by atoms with Gasteiger partial charge in [0, 0.05) is 6.07 Å². The Morgan fingerprint density at radius 2 is 1.86 bits per heavy atom. The molecule has 0 spiro atoms. The number of carbonyl (C=O) groups is 1. The number of hydrogen-bond donors (Lipinski definition) is 2. The fourth-order valence-corrected chi connectivity index (χ4v) is 3.82. The van der Waals surface area contributed by atoms with Gasteiger partial charge >= 0.3 is 5.97 Å². The number of para-hydroxylation sites is 1. The lowest BCUT2D eigenvalue weighted by atomic mass is 10.1. The second-order valence-corrected chi connectivity index (χ2v) is 7.35. The minimum Gasteiger partial charge on any atom is -0.494 e. The Bertz CT molecular complexity index is 796. The van der Waals surface area contributed by atoms with Crippen LogP contribution >= 0.6 is 11.8 Å². The van der Waals surface area contributed by atoms with Crippen molar-refractivity contribution in [1.82, 2.24) is 0 Å². The van der Waals surface area contributed by atoms with Gasteiger partial charge in [0.15, 0.2) is 6.10 Å². The molecule has 0 unspecified atom stereocenters. The third-order valence-corrected chi connectivity index (χ3v) is 5.46. The highest BCUT2D eigenvalue weighted by Gasteiger charge is 2.30. The van der Waals surface area contributed by atoms with Gasteiger partial charge in [0.2, 0.25) is 0 Å². The molecule has 8 heteroatoms. The van der Waals surface area contributed by atoms with Crippen LogP contribution in [0, 0.1) is 10.1 Å². The van der Waals surface area contributed by atoms with Crippen LogP contribution in [-0.2, 0) is 4.79 Å². The molecular formula is C20H23NO6S. The number of hydrogen-bond acceptors (Lipinski definition) is 6. The van der Waals surface area contributed by atoms with Crippen LogP contribution in [0.4, 0.5) is 5.69 Å². The second-order valence-electron chi connectivity index (χ2n) is 6.17. The van der Waals surface area contributed by atoms with Crippen molar-refractivity contribution in [3.05, 3.63) is 64.2 Å². The zero-order valence-corrected chi connectivity index (χ0v) is 16.3. The number of nitrogens with zero attached hydrogens (tertiary/aromatic N) is 1. The average molecular weight is 405 g/mol. The number of rotatable bonds is 11. The van der Waals surface area contributed by atoms with E-state index in [0.717, 1.165) is 31.0 Å². The number of carboxylic acid groups (broad SMARTS) is 1. The number of aliphatic carboxylic acids is 1. The lowest BCUT2D eigenvalue weighted by molar-refractivity contribution is -0.387. The molecule has 7 nitrogen and oxygen atoms in total. The Morgan fingerprint density at radius 3 is 2.46 bits per heavy atom. The number of aliphatic hydroxyl groups excluding tert-OH is 1. The van der Waals surface area contributed by atoms with Gasteiger partial charge in [-0.05, 0) is 30.2 Å². The van der Waals surface area contributed by atoms with Crippen molar-refractivity contribution in [2.24, 2.45) is 0 Å². The molecule has 0 radical (unpaired) electrons. The van der Waals surface area contributed by atoms with Gasteiger partial charge in [-0.3, -0.25) is 10.1 Å². The van der Waals surface area contributed by atoms with Gasteiger partial charge in [-0.15, -0.1) is 11.8 Å². The van der Waals surface area contributed by atoms with Crippen LogP contribution in [0.15, 0.2) is 53.4 Å². The Labute approximate surface area is 167 Å². The molecule has 0 saturated carbocycles. The molecule has 2 rings (SSSR count). The first-order chi connectivity index (χ1) is 13.4. The first-order valence-electron chi connectivity index (χ1n) is 8.97. The predicted molar refractivity (Wildman–Crippen MR) is 107 cm³/mol. The highest BCUT2D eigenvalue weighted by atomic mass is 32.2. The maximum Gasteiger partial charge on any atom is 0.334 e. The maximum atomic E-state index is 11.4. The summed E-state index contributed by atoms with van der Waals surface area (Å²) in [6.07, 6.45) is 1.41. The Hall–Kier alpha value is -2.58. The van der Waals surface area contributed by atoms with Crippen molar-refractivity contribution < 1.29 is 24.7 Å². The molecule has 0 aliphatic rings. The summed E-state index contributed by atoms with van der Waals surface area (Å²) in [7, 11) is 0. The lowest BCUT2D eigenvalue weighted by Gasteiger charge is -2.20. The Morgan fingerprint density at radius 1 is 1.18 bits per heavy atom. The molecule has 0 bridgehead atoms. The summed E-state index contributed by atoms with van der Waals surface area (Å²) >= 11 is 0.950. The SMILES string of the molecule is CCCCCOc1ccc([C@H](Sc2ccccc2[N+](=O)[O-])[C@@H](O)C(=O)O)cc1. The molecule has 150 valence electrons. The molecule has 2 aromatic carbocycles. The first-order valence-corrected chi connectivity index (χ1v) is 9.85. The summed E-state index contributed by atoms with van der Waals surface area (Å²) in [5.41, 5.74) is 0.407. The Balaban J connectivity index is 2.22. The number of aliphatic hydroxyl groups is 1. The zero-order valence-electron chi connectivity index (χ0n) is 15.5. The van der Waals surface area contributed by atoms with Crippen LogP contribution in [-0.4, -0.2) is 33.8 Å². The van der Waals surface area contributed by atoms with Crippen molar-refractivity contribution >= 4 is 23.4 Å². The molecule has 2 N–H and O–H groups in total. The van der Waals surface area contributed by atoms with E-state index in [-0.39, 0.29) is 10.6 Å². The summed E-state index contributed by atoms with van der Waals surface area (Å²) in [5.74, 6) is -0.741. The highest BCUT2D eigenvalue weighted by molar-refractivity contribution is 7.99. The quantitative estimate of drug-likeness (QED) is 0.246. The molecule has 0 aromatic heterocycles. The molecule has 28 heavy (non-hydrogen) atoms. The standard InChI is InChI=1S/C20H23NO6S/c1-2-3-6-13-27-15-11-9-14(10-12-15)19(18(22)20(23)24)28-17-8-5-4-7-16(17)21(25)26/h4-5,7-12,18-19,22H,2-3,6,13H2,1H3,(H,23,24)/t18-,19+/m1/s1. The fourth-order valence-electron chi connectivity index (χ4n) is 2.58. The molecule has 0 amide bonds. The van der Waals surface area contributed by atoms with Crippen LogP contribution in [0.5, 0.6) is 5.75 Å². The predicted octanol–water partition coefficient (Wildman–Crippen LogP) is 4.44. The van der Waals surface area contributed by atoms with Gasteiger partial charge < -0.3 is 14.9 Å². The number of carboxylic acids is 1. The van der Waals surface area contributed by atoms with E-state index in [1.807, 2.05) is 0 Å². The summed E-state index contributed by atoms with van der Waals surface area (Å²) in [6.45, 7) is 2.71. The van der Waals surface area contributed by atoms with E-state index < -0.39 is 22.2 Å². The zero-order chi connectivity index (χ0) is 20.5. The van der Waals surface area contributed by atoms with E-state index in [9.17, 15) is 25.1 Å². The number of ether oxygens (including phenoxy) is 1. The van der Waals surface area contributed by atoms with Gasteiger partial charge in [-0.25, -0.2) is 4.79 Å². The van der Waals surface area contributed by atoms with E-state index in [1.54, 1.807) is 30.3 Å². The molecular weight excluding hydrogens is 382 g/mol. The topological polar surface area (TPSA) is 110 Å². The van der Waals surface area contributed by atoms with Crippen molar-refractivity contribution in [3.63, 3.8) is 0 Å². The fraction of sp³-hybridized carbons (Fsp3) is 0.350. The average Bonchev–Trinajstić information content (AvgIpc) is 2.69. The van der Waals surface area contributed by atoms with Gasteiger partial charge in [0.25, 0.3) is 5.69 Å². The van der Waals surface area contributed by atoms with Crippen LogP contribution < -0.4 is 4.74 Å². The summed E-state index contributed by atoms with van der Waals surface area (Å²) in [6, 6.07) is 12.8. The van der Waals surface area contributed by atoms with Crippen LogP contribution in [0.2, 0.25) is 0 Å². The van der Waals surface area contributed by atoms with E-state index in [0.29, 0.717) is 17.9 Å². The third-order valence-electron chi connectivity index (χ3n) is 4.08. The summed E-state index contributed by atoms with van der Waals surface area (Å²) < 4.78 is 5.64. The van der Waals surface area contributed by atoms with E-state index in [1.165, 1.54) is 18.2 Å². The summed E-state index contributed by atoms with van der Waals surface area (Å²) in [5, 5.41) is 29.8. The second kappa shape index (κ2) is 10.7. The van der Waals surface area contributed by atoms with Gasteiger partial charge in [-0.1, -0.05) is 44.0 Å². The first kappa shape index (κ1) is 21.7. The number of benzene rings is 2. The normalized spacial score (nSPS) is 12.9. The van der Waals surface area contributed by atoms with E-state index >= 15 is 0 Å². The van der Waals surface area contributed by atoms with Crippen molar-refractivity contribution in [1.29, 1.82) is 0 Å². The minimum atomic E-state index is -1.72. The van der Waals surface area contributed by atoms with Gasteiger partial charge in [0.05, 0.1) is 21.7 Å². The maximum absolute atomic E-state index is 11.4. The monoisotopic (exact) mass is 405 g/mol. The van der Waals surface area contributed by atoms with E-state index in [4.69, 9.17) is 4.74 Å². The van der Waals surface area contributed by atoms with Crippen molar-refractivity contribution in [2.45, 2.75) is 42.4 Å². The summed E-state index contributed by atoms with van der Waals surface area (Å²) in [4.78, 5) is 22.4. The number of nitro groups is 1. The van der Waals surface area contributed by atoms with Crippen LogP contribution in [0.25, 0.3) is 0 Å². The molecule has 2 atom stereocenters. The molecule has 0 aliphatic heterocycles. The molecule has 0 fully saturated rings. The van der Waals surface area contributed by atoms with Crippen molar-refractivity contribution in [2.75, 3.05) is 6.61 Å². The molecule has 0 aliphatic carbocycles. The molecule has 2 aromatic rings. The number of thioether (sulfide) groups is 1. The van der Waals surface area contributed by atoms with Gasteiger partial charge in [0.1, 0.15) is 5.75 Å². The number of unbranched alkanes of at least 4 members (excludes halogenated alkanes) is 2. The lowest BCUT2D eigenvalue weighted by Crippen LogP contribution is -2.26. The smallest absolute Gasteiger partial charge is 0.334 e. The van der Waals surface area contributed by atoms with Crippen LogP contribution in [0.1, 0.15) is 37.0 Å². The van der Waals surface area contributed by atoms with E-state index in [2.05, 4.69) is 6.92 Å². The highest BCUT2D eigenvalue weighted by Crippen LogP contribution is 2.42. The van der Waals surface area contributed by atoms with Crippen LogP contribution in [0.3, 0.4) is 0 Å². The third kappa shape index (κ3) is 5.97. The van der Waals surface area contributed by atoms with Gasteiger partial charge in [-0.2, -0.15) is 0 Å². The molecule has 0 heterocycles. The number of nitro benzene ring substituents is 1. The Kier molecular flexibility index (Phi) is 8.28. The minimum absolute atomic E-state index is 0.133.